The van der Waals surface area contributed by atoms with Gasteiger partial charge < -0.3 is 10.2 Å². The van der Waals surface area contributed by atoms with E-state index in [0.717, 1.165) is 62.7 Å². The van der Waals surface area contributed by atoms with Crippen LogP contribution in [0, 0.1) is 0 Å². The molecule has 0 radical (unpaired) electrons. The Labute approximate surface area is 251 Å². The minimum Gasteiger partial charge on any atom is -0.349 e. The molecule has 43 heavy (non-hydrogen) atoms. The van der Waals surface area contributed by atoms with Gasteiger partial charge in [-0.25, -0.2) is 13.1 Å². The smallest absolute Gasteiger partial charge is 0.349 e. The maximum Gasteiger partial charge on any atom is 0.416 e. The molecule has 1 fully saturated rings. The summed E-state index contributed by atoms with van der Waals surface area (Å²) in [6.45, 7) is 5.61. The summed E-state index contributed by atoms with van der Waals surface area (Å²) in [6.07, 6.45) is 0.257. The van der Waals surface area contributed by atoms with Crippen molar-refractivity contribution in [3.05, 3.63) is 101 Å². The van der Waals surface area contributed by atoms with E-state index < -0.39 is 32.7 Å². The molecule has 0 saturated carbocycles. The molecule has 0 spiro atoms. The summed E-state index contributed by atoms with van der Waals surface area (Å²) in [6, 6.07) is 17.5. The monoisotopic (exact) mass is 613 g/mol. The average Bonchev–Trinajstić information content (AvgIpc) is 3.50. The van der Waals surface area contributed by atoms with Crippen LogP contribution in [0.4, 0.5) is 13.2 Å². The molecule has 2 N–H and O–H groups in total. The predicted octanol–water partition coefficient (Wildman–Crippen LogP) is 6.51. The van der Waals surface area contributed by atoms with Gasteiger partial charge in [0, 0.05) is 13.0 Å². The Bertz CT molecular complexity index is 1520. The van der Waals surface area contributed by atoms with Crippen molar-refractivity contribution in [1.29, 1.82) is 0 Å². The largest absolute Gasteiger partial charge is 0.416 e. The highest BCUT2D eigenvalue weighted by molar-refractivity contribution is 7.89. The van der Waals surface area contributed by atoms with E-state index in [-0.39, 0.29) is 18.4 Å². The van der Waals surface area contributed by atoms with Crippen LogP contribution in [-0.2, 0) is 27.4 Å². The first-order chi connectivity index (χ1) is 20.5. The van der Waals surface area contributed by atoms with Gasteiger partial charge in [-0.2, -0.15) is 13.2 Å². The predicted molar refractivity (Wildman–Crippen MR) is 160 cm³/mol. The fourth-order valence-electron chi connectivity index (χ4n) is 6.20. The lowest BCUT2D eigenvalue weighted by molar-refractivity contribution is -0.137. The molecular formula is C33H38F3N3O3S. The molecule has 1 saturated heterocycles. The molecule has 3 aromatic rings. The quantitative estimate of drug-likeness (QED) is 0.273. The number of fused-ring (bicyclic) bond motifs is 1. The maximum absolute atomic E-state index is 13.4. The topological polar surface area (TPSA) is 78.5 Å². The van der Waals surface area contributed by atoms with Gasteiger partial charge in [0.05, 0.1) is 22.5 Å². The summed E-state index contributed by atoms with van der Waals surface area (Å²) in [4.78, 5) is 15.4. The molecule has 230 valence electrons. The third-order valence-corrected chi connectivity index (χ3v) is 9.95. The summed E-state index contributed by atoms with van der Waals surface area (Å²) in [5, 5.41) is 3.11. The van der Waals surface area contributed by atoms with Crippen LogP contribution in [0.25, 0.3) is 0 Å². The van der Waals surface area contributed by atoms with E-state index in [2.05, 4.69) is 40.1 Å². The van der Waals surface area contributed by atoms with Gasteiger partial charge in [-0.05, 0) is 91.6 Å². The summed E-state index contributed by atoms with van der Waals surface area (Å²) in [5.74, 6) is 0.0692. The highest BCUT2D eigenvalue weighted by atomic mass is 32.2. The second-order valence-electron chi connectivity index (χ2n) is 11.7. The molecule has 2 aliphatic rings. The van der Waals surface area contributed by atoms with Crippen molar-refractivity contribution < 1.29 is 26.4 Å². The number of sulfonamides is 1. The van der Waals surface area contributed by atoms with Gasteiger partial charge in [0.1, 0.15) is 0 Å². The molecule has 1 amide bonds. The maximum atomic E-state index is 13.4. The number of rotatable bonds is 10. The fraction of sp³-hybridized carbons (Fsp3) is 0.424. The molecule has 0 bridgehead atoms. The summed E-state index contributed by atoms with van der Waals surface area (Å²) >= 11 is 0. The van der Waals surface area contributed by atoms with E-state index in [0.29, 0.717) is 17.5 Å². The number of hydrogen-bond donors (Lipinski definition) is 2. The normalized spacial score (nSPS) is 19.0. The summed E-state index contributed by atoms with van der Waals surface area (Å²) < 4.78 is 68.7. The molecule has 5 rings (SSSR count). The van der Waals surface area contributed by atoms with E-state index in [4.69, 9.17) is 0 Å². The Balaban J connectivity index is 1.30. The second kappa shape index (κ2) is 13.2. The van der Waals surface area contributed by atoms with Crippen molar-refractivity contribution >= 4 is 15.9 Å². The average molecular weight is 614 g/mol. The Morgan fingerprint density at radius 2 is 1.70 bits per heavy atom. The fourth-order valence-corrected chi connectivity index (χ4v) is 7.46. The lowest BCUT2D eigenvalue weighted by Gasteiger charge is -2.29. The van der Waals surface area contributed by atoms with Crippen LogP contribution in [0.15, 0.2) is 77.7 Å². The van der Waals surface area contributed by atoms with Crippen molar-refractivity contribution in [2.24, 2.45) is 0 Å². The molecular weight excluding hydrogens is 575 g/mol. The molecule has 1 heterocycles. The van der Waals surface area contributed by atoms with Crippen molar-refractivity contribution in [2.75, 3.05) is 19.6 Å². The number of hydrogen-bond acceptors (Lipinski definition) is 4. The van der Waals surface area contributed by atoms with Gasteiger partial charge in [-0.3, -0.25) is 4.79 Å². The number of benzene rings is 3. The zero-order valence-electron chi connectivity index (χ0n) is 24.2. The Morgan fingerprint density at radius 1 is 0.953 bits per heavy atom. The summed E-state index contributed by atoms with van der Waals surface area (Å²) in [5.41, 5.74) is 3.08. The SMILES string of the molecule is CC(CN1CCCC1)c1ccc2c(c1)CCC[C@H]2NC(=O)C[C@@H](NS(=O)(=O)c1cccc(C(F)(F)F)c1)c1ccccc1. The van der Waals surface area contributed by atoms with Gasteiger partial charge in [-0.1, -0.05) is 61.5 Å². The third-order valence-electron chi connectivity index (χ3n) is 8.48. The van der Waals surface area contributed by atoms with Crippen molar-refractivity contribution in [1.82, 2.24) is 14.9 Å². The van der Waals surface area contributed by atoms with Crippen LogP contribution in [0.1, 0.15) is 84.8 Å². The molecule has 1 aliphatic carbocycles. The first kappa shape index (κ1) is 31.2. The van der Waals surface area contributed by atoms with Crippen LogP contribution in [0.3, 0.4) is 0 Å². The van der Waals surface area contributed by atoms with E-state index in [9.17, 15) is 26.4 Å². The Hall–Kier alpha value is -3.21. The zero-order valence-corrected chi connectivity index (χ0v) is 25.1. The standard InChI is InChI=1S/C33H38F3N3O3S/c1-23(22-39-17-5-6-18-39)25-15-16-29-26(19-25)11-7-14-30(29)37-32(40)21-31(24-9-3-2-4-10-24)38-43(41,42)28-13-8-12-27(20-28)33(34,35)36/h2-4,8-10,12-13,15-16,19-20,23,30-31,38H,5-7,11,14,17-18,21-22H2,1H3,(H,37,40)/t23?,30-,31-/m1/s1. The van der Waals surface area contributed by atoms with Crippen LogP contribution in [0.2, 0.25) is 0 Å². The first-order valence-corrected chi connectivity index (χ1v) is 16.4. The van der Waals surface area contributed by atoms with Crippen LogP contribution < -0.4 is 10.0 Å². The first-order valence-electron chi connectivity index (χ1n) is 14.9. The minimum atomic E-state index is -4.69. The van der Waals surface area contributed by atoms with Gasteiger partial charge >= 0.3 is 6.18 Å². The molecule has 0 aromatic heterocycles. The number of halogens is 3. The molecule has 10 heteroatoms. The van der Waals surface area contributed by atoms with Gasteiger partial charge in [-0.15, -0.1) is 0 Å². The minimum absolute atomic E-state index is 0.198. The highest BCUT2D eigenvalue weighted by Gasteiger charge is 2.33. The number of likely N-dealkylation sites (tertiary alicyclic amines) is 1. The van der Waals surface area contributed by atoms with Crippen molar-refractivity contribution in [3.63, 3.8) is 0 Å². The summed E-state index contributed by atoms with van der Waals surface area (Å²) in [7, 11) is -4.37. The second-order valence-corrected chi connectivity index (χ2v) is 13.4. The van der Waals surface area contributed by atoms with Crippen LogP contribution in [-0.4, -0.2) is 38.9 Å². The third kappa shape index (κ3) is 7.85. The number of carbonyl (C=O) groups is 1. The lowest BCUT2D eigenvalue weighted by atomic mass is 9.84. The number of nitrogens with zero attached hydrogens (tertiary/aromatic N) is 1. The van der Waals surface area contributed by atoms with E-state index in [1.165, 1.54) is 24.0 Å². The van der Waals surface area contributed by atoms with Crippen molar-refractivity contribution in [3.8, 4) is 0 Å². The molecule has 3 atom stereocenters. The molecule has 1 unspecified atom stereocenters. The van der Waals surface area contributed by atoms with Crippen LogP contribution in [0.5, 0.6) is 0 Å². The molecule has 3 aromatic carbocycles. The van der Waals surface area contributed by atoms with Crippen LogP contribution >= 0.6 is 0 Å². The molecule has 6 nitrogen and oxygen atoms in total. The Morgan fingerprint density at radius 3 is 2.42 bits per heavy atom. The number of amides is 1. The van der Waals surface area contributed by atoms with Gasteiger partial charge in [0.2, 0.25) is 15.9 Å². The lowest BCUT2D eigenvalue weighted by Crippen LogP contribution is -2.36. The van der Waals surface area contributed by atoms with Crippen molar-refractivity contribution in [2.45, 2.75) is 74.5 Å². The zero-order chi connectivity index (χ0) is 30.6. The number of carbonyl (C=O) groups excluding carboxylic acids is 1. The van der Waals surface area contributed by atoms with Gasteiger partial charge in [0.25, 0.3) is 0 Å². The highest BCUT2D eigenvalue weighted by Crippen LogP contribution is 2.34. The number of alkyl halides is 3. The van der Waals surface area contributed by atoms with Gasteiger partial charge in [0.15, 0.2) is 0 Å². The number of aryl methyl sites for hydroxylation is 1. The number of nitrogens with one attached hydrogen (secondary N) is 2. The molecule has 1 aliphatic heterocycles. The Kier molecular flexibility index (Phi) is 9.58. The van der Waals surface area contributed by atoms with E-state index in [1.807, 2.05) is 0 Å². The van der Waals surface area contributed by atoms with E-state index >= 15 is 0 Å². The van der Waals surface area contributed by atoms with E-state index in [1.54, 1.807) is 30.3 Å².